The van der Waals surface area contributed by atoms with Crippen molar-refractivity contribution in [3.05, 3.63) is 77.9 Å². The number of sulfone groups is 1. The summed E-state index contributed by atoms with van der Waals surface area (Å²) in [6.07, 6.45) is 1.46. The largest absolute Gasteiger partial charge is 0.391 e. The fourth-order valence-electron chi connectivity index (χ4n) is 2.84. The van der Waals surface area contributed by atoms with Gasteiger partial charge in [-0.3, -0.25) is 4.79 Å². The highest BCUT2D eigenvalue weighted by molar-refractivity contribution is 7.92. The van der Waals surface area contributed by atoms with Gasteiger partial charge in [-0.15, -0.1) is 0 Å². The maximum atomic E-state index is 13.2. The molecule has 5 nitrogen and oxygen atoms in total. The van der Waals surface area contributed by atoms with Crippen LogP contribution in [0, 0.1) is 12.8 Å². The molecule has 0 aliphatic carbocycles. The third kappa shape index (κ3) is 6.84. The first-order valence-electron chi connectivity index (χ1n) is 9.68. The molecule has 2 rings (SSSR count). The van der Waals surface area contributed by atoms with Crippen LogP contribution in [0.4, 0.5) is 0 Å². The molecule has 0 aliphatic rings. The van der Waals surface area contributed by atoms with Crippen LogP contribution >= 0.6 is 0 Å². The summed E-state index contributed by atoms with van der Waals surface area (Å²) in [4.78, 5) is 12.2. The highest BCUT2D eigenvalue weighted by atomic mass is 32.2. The second-order valence-corrected chi connectivity index (χ2v) is 9.68. The minimum Gasteiger partial charge on any atom is -0.391 e. The van der Waals surface area contributed by atoms with E-state index in [1.54, 1.807) is 12.1 Å². The molecule has 2 unspecified atom stereocenters. The SMILES string of the molecule is Cc1ccc(S(=O)(=O)C(/C=C/C(=O)NCC(C)C)C(O)Cc2ccccc2)cc1. The number of carbonyl (C=O) groups is 1. The van der Waals surface area contributed by atoms with Gasteiger partial charge in [0, 0.05) is 12.6 Å². The first kappa shape index (κ1) is 22.8. The third-order valence-electron chi connectivity index (χ3n) is 4.50. The van der Waals surface area contributed by atoms with Gasteiger partial charge < -0.3 is 10.4 Å². The molecule has 0 bridgehead atoms. The highest BCUT2D eigenvalue weighted by Gasteiger charge is 2.32. The molecule has 29 heavy (non-hydrogen) atoms. The summed E-state index contributed by atoms with van der Waals surface area (Å²) in [7, 11) is -3.88. The first-order chi connectivity index (χ1) is 13.7. The van der Waals surface area contributed by atoms with E-state index in [0.717, 1.165) is 11.1 Å². The average molecular weight is 416 g/mol. The standard InChI is InChI=1S/C23H29NO4S/c1-17(2)16-24-23(26)14-13-22(21(25)15-19-7-5-4-6-8-19)29(27,28)20-11-9-18(3)10-12-20/h4-14,17,21-22,25H,15-16H2,1-3H3,(H,24,26)/b14-13+. The van der Waals surface area contributed by atoms with E-state index in [0.29, 0.717) is 6.54 Å². The lowest BCUT2D eigenvalue weighted by molar-refractivity contribution is -0.116. The molecular formula is C23H29NO4S. The van der Waals surface area contributed by atoms with E-state index in [4.69, 9.17) is 0 Å². The fraction of sp³-hybridized carbons (Fsp3) is 0.348. The summed E-state index contributed by atoms with van der Waals surface area (Å²) in [5.41, 5.74) is 1.76. The van der Waals surface area contributed by atoms with E-state index >= 15 is 0 Å². The number of carbonyl (C=O) groups excluding carboxylic acids is 1. The van der Waals surface area contributed by atoms with E-state index < -0.39 is 21.2 Å². The van der Waals surface area contributed by atoms with Crippen molar-refractivity contribution in [3.8, 4) is 0 Å². The fourth-order valence-corrected chi connectivity index (χ4v) is 4.47. The van der Waals surface area contributed by atoms with Gasteiger partial charge in [0.05, 0.1) is 11.0 Å². The van der Waals surface area contributed by atoms with Crippen molar-refractivity contribution in [2.45, 2.75) is 43.4 Å². The van der Waals surface area contributed by atoms with Crippen molar-refractivity contribution in [1.29, 1.82) is 0 Å². The number of hydrogen-bond donors (Lipinski definition) is 2. The van der Waals surface area contributed by atoms with Gasteiger partial charge in [0.1, 0.15) is 5.25 Å². The Labute approximate surface area is 173 Å². The van der Waals surface area contributed by atoms with Gasteiger partial charge in [0.25, 0.3) is 0 Å². The van der Waals surface area contributed by atoms with Gasteiger partial charge in [-0.1, -0.05) is 68.0 Å². The molecule has 0 saturated carbocycles. The molecule has 2 aromatic rings. The summed E-state index contributed by atoms with van der Waals surface area (Å²) in [6, 6.07) is 15.7. The Bertz CT molecular complexity index is 919. The Morgan fingerprint density at radius 2 is 1.69 bits per heavy atom. The Kier molecular flexibility index (Phi) is 8.17. The predicted molar refractivity (Wildman–Crippen MR) is 115 cm³/mol. The summed E-state index contributed by atoms with van der Waals surface area (Å²) < 4.78 is 26.4. The van der Waals surface area contributed by atoms with Crippen molar-refractivity contribution in [2.24, 2.45) is 5.92 Å². The molecule has 0 fully saturated rings. The van der Waals surface area contributed by atoms with E-state index in [2.05, 4.69) is 5.32 Å². The van der Waals surface area contributed by atoms with Gasteiger partial charge in [-0.25, -0.2) is 8.42 Å². The van der Waals surface area contributed by atoms with Crippen LogP contribution in [0.25, 0.3) is 0 Å². The second kappa shape index (κ2) is 10.4. The molecule has 0 saturated heterocycles. The highest BCUT2D eigenvalue weighted by Crippen LogP contribution is 2.22. The lowest BCUT2D eigenvalue weighted by Crippen LogP contribution is -2.35. The Morgan fingerprint density at radius 1 is 1.07 bits per heavy atom. The Hall–Kier alpha value is -2.44. The van der Waals surface area contributed by atoms with Gasteiger partial charge in [-0.05, 0) is 37.0 Å². The van der Waals surface area contributed by atoms with Crippen LogP contribution in [0.1, 0.15) is 25.0 Å². The molecule has 6 heteroatoms. The van der Waals surface area contributed by atoms with Gasteiger partial charge in [-0.2, -0.15) is 0 Å². The third-order valence-corrected chi connectivity index (χ3v) is 6.61. The number of hydrogen-bond acceptors (Lipinski definition) is 4. The van der Waals surface area contributed by atoms with E-state index in [9.17, 15) is 18.3 Å². The van der Waals surface area contributed by atoms with Crippen LogP contribution in [0.5, 0.6) is 0 Å². The number of aliphatic hydroxyl groups excluding tert-OH is 1. The minimum atomic E-state index is -3.88. The Morgan fingerprint density at radius 3 is 2.28 bits per heavy atom. The van der Waals surface area contributed by atoms with Crippen LogP contribution in [0.3, 0.4) is 0 Å². The zero-order valence-electron chi connectivity index (χ0n) is 17.1. The average Bonchev–Trinajstić information content (AvgIpc) is 2.67. The molecule has 2 atom stereocenters. The summed E-state index contributed by atoms with van der Waals surface area (Å²) in [6.45, 7) is 6.30. The number of aliphatic hydroxyl groups is 1. The Balaban J connectivity index is 2.31. The normalized spacial score (nSPS) is 14.1. The van der Waals surface area contributed by atoms with E-state index in [-0.39, 0.29) is 23.1 Å². The molecule has 0 spiro atoms. The first-order valence-corrected chi connectivity index (χ1v) is 11.2. The molecule has 0 heterocycles. The number of nitrogens with one attached hydrogen (secondary N) is 1. The minimum absolute atomic E-state index is 0.118. The predicted octanol–water partition coefficient (Wildman–Crippen LogP) is 3.07. The van der Waals surface area contributed by atoms with Crippen molar-refractivity contribution >= 4 is 15.7 Å². The zero-order chi connectivity index (χ0) is 21.4. The van der Waals surface area contributed by atoms with Gasteiger partial charge in [0.2, 0.25) is 5.91 Å². The smallest absolute Gasteiger partial charge is 0.243 e. The lowest BCUT2D eigenvalue weighted by Gasteiger charge is -2.21. The maximum Gasteiger partial charge on any atom is 0.243 e. The van der Waals surface area contributed by atoms with Crippen LogP contribution in [-0.2, 0) is 21.1 Å². The molecule has 2 N–H and O–H groups in total. The number of amides is 1. The molecule has 0 radical (unpaired) electrons. The molecule has 1 amide bonds. The summed E-state index contributed by atoms with van der Waals surface area (Å²) in [5, 5.41) is 12.3. The van der Waals surface area contributed by atoms with Crippen LogP contribution < -0.4 is 5.32 Å². The molecule has 0 aliphatic heterocycles. The molecular weight excluding hydrogens is 386 g/mol. The molecule has 156 valence electrons. The summed E-state index contributed by atoms with van der Waals surface area (Å²) >= 11 is 0. The van der Waals surface area contributed by atoms with Crippen molar-refractivity contribution in [3.63, 3.8) is 0 Å². The van der Waals surface area contributed by atoms with E-state index in [1.807, 2.05) is 51.1 Å². The van der Waals surface area contributed by atoms with Crippen molar-refractivity contribution in [2.75, 3.05) is 6.54 Å². The van der Waals surface area contributed by atoms with Gasteiger partial charge in [0.15, 0.2) is 9.84 Å². The number of aryl methyl sites for hydroxylation is 1. The topological polar surface area (TPSA) is 83.5 Å². The maximum absolute atomic E-state index is 13.2. The van der Waals surface area contributed by atoms with Crippen molar-refractivity contribution in [1.82, 2.24) is 5.32 Å². The lowest BCUT2D eigenvalue weighted by atomic mass is 10.1. The van der Waals surface area contributed by atoms with E-state index in [1.165, 1.54) is 24.3 Å². The monoisotopic (exact) mass is 415 g/mol. The van der Waals surface area contributed by atoms with Crippen LogP contribution in [0.2, 0.25) is 0 Å². The quantitative estimate of drug-likeness (QED) is 0.617. The molecule has 0 aromatic heterocycles. The number of benzene rings is 2. The van der Waals surface area contributed by atoms with Gasteiger partial charge >= 0.3 is 0 Å². The number of rotatable bonds is 9. The second-order valence-electron chi connectivity index (χ2n) is 7.58. The van der Waals surface area contributed by atoms with Crippen molar-refractivity contribution < 1.29 is 18.3 Å². The van der Waals surface area contributed by atoms with Crippen LogP contribution in [0.15, 0.2) is 71.6 Å². The molecule has 2 aromatic carbocycles. The zero-order valence-corrected chi connectivity index (χ0v) is 17.9. The van der Waals surface area contributed by atoms with Crippen LogP contribution in [-0.4, -0.2) is 37.3 Å². The summed E-state index contributed by atoms with van der Waals surface area (Å²) in [5.74, 6) is -0.0992.